The Balaban J connectivity index is 1.49. The normalized spacial score (nSPS) is 17.9. The van der Waals surface area contributed by atoms with Crippen LogP contribution < -0.4 is 20.1 Å². The van der Waals surface area contributed by atoms with Crippen LogP contribution in [0.15, 0.2) is 33.8 Å². The number of benzene rings is 1. The van der Waals surface area contributed by atoms with Gasteiger partial charge in [-0.1, -0.05) is 26.8 Å². The lowest BCUT2D eigenvalue weighted by molar-refractivity contribution is 0.0513. The van der Waals surface area contributed by atoms with Gasteiger partial charge < -0.3 is 29.3 Å². The highest BCUT2D eigenvalue weighted by atomic mass is 16.7. The van der Waals surface area contributed by atoms with E-state index in [1.165, 1.54) is 5.56 Å². The van der Waals surface area contributed by atoms with Crippen LogP contribution in [-0.4, -0.2) is 44.0 Å². The third kappa shape index (κ3) is 5.01. The minimum Gasteiger partial charge on any atom is -0.454 e. The number of aromatic nitrogens is 1. The van der Waals surface area contributed by atoms with E-state index in [1.54, 1.807) is 6.20 Å². The number of hydrogen-bond donors (Lipinski definition) is 2. The SMILES string of the molecule is CCNC(=NCc1ncc(C(C)(C)C)o1)NCC1(c2ccc3c(c2)OCO3)CCOCC1. The molecule has 4 rings (SSSR count). The Labute approximate surface area is 189 Å². The molecule has 2 N–H and O–H groups in total. The molecule has 0 atom stereocenters. The predicted octanol–water partition coefficient (Wildman–Crippen LogP) is 3.50. The molecule has 8 nitrogen and oxygen atoms in total. The van der Waals surface area contributed by atoms with Crippen LogP contribution >= 0.6 is 0 Å². The first-order valence-electron chi connectivity index (χ1n) is 11.3. The third-order valence-electron chi connectivity index (χ3n) is 6.04. The van der Waals surface area contributed by atoms with Gasteiger partial charge >= 0.3 is 0 Å². The van der Waals surface area contributed by atoms with Gasteiger partial charge in [0.15, 0.2) is 17.5 Å². The van der Waals surface area contributed by atoms with Crippen molar-refractivity contribution in [2.24, 2.45) is 4.99 Å². The van der Waals surface area contributed by atoms with E-state index in [0.29, 0.717) is 12.4 Å². The van der Waals surface area contributed by atoms with Gasteiger partial charge in [0.1, 0.15) is 12.3 Å². The molecule has 32 heavy (non-hydrogen) atoms. The Bertz CT molecular complexity index is 942. The highest BCUT2D eigenvalue weighted by Gasteiger charge is 2.36. The van der Waals surface area contributed by atoms with Gasteiger partial charge in [0, 0.05) is 37.1 Å². The molecular formula is C24H34N4O4. The molecule has 2 aromatic rings. The van der Waals surface area contributed by atoms with Crippen molar-refractivity contribution in [3.05, 3.63) is 41.6 Å². The number of fused-ring (bicyclic) bond motifs is 1. The van der Waals surface area contributed by atoms with E-state index in [2.05, 4.69) is 55.4 Å². The Morgan fingerprint density at radius 2 is 1.91 bits per heavy atom. The predicted molar refractivity (Wildman–Crippen MR) is 122 cm³/mol. The van der Waals surface area contributed by atoms with Crippen LogP contribution in [0.5, 0.6) is 11.5 Å². The summed E-state index contributed by atoms with van der Waals surface area (Å²) >= 11 is 0. The Morgan fingerprint density at radius 1 is 1.12 bits per heavy atom. The topological polar surface area (TPSA) is 90.1 Å². The second-order valence-electron chi connectivity index (χ2n) is 9.38. The fourth-order valence-electron chi connectivity index (χ4n) is 4.03. The van der Waals surface area contributed by atoms with Crippen LogP contribution in [0.2, 0.25) is 0 Å². The largest absolute Gasteiger partial charge is 0.454 e. The number of rotatable bonds is 6. The zero-order valence-corrected chi connectivity index (χ0v) is 19.5. The first-order chi connectivity index (χ1) is 15.4. The molecule has 0 unspecified atom stereocenters. The number of oxazole rings is 1. The molecule has 2 aliphatic heterocycles. The van der Waals surface area contributed by atoms with Crippen LogP contribution in [0, 0.1) is 0 Å². The van der Waals surface area contributed by atoms with E-state index in [4.69, 9.17) is 23.6 Å². The minimum absolute atomic E-state index is 0.0717. The quantitative estimate of drug-likeness (QED) is 0.523. The van der Waals surface area contributed by atoms with Crippen molar-refractivity contribution in [2.45, 2.75) is 57.9 Å². The molecule has 1 fully saturated rings. The smallest absolute Gasteiger partial charge is 0.231 e. The minimum atomic E-state index is -0.0717. The van der Waals surface area contributed by atoms with Crippen molar-refractivity contribution in [1.29, 1.82) is 0 Å². The number of hydrogen-bond acceptors (Lipinski definition) is 6. The highest BCUT2D eigenvalue weighted by molar-refractivity contribution is 5.79. The lowest BCUT2D eigenvalue weighted by Crippen LogP contribution is -2.48. The van der Waals surface area contributed by atoms with Gasteiger partial charge in [0.2, 0.25) is 12.7 Å². The second kappa shape index (κ2) is 9.40. The van der Waals surface area contributed by atoms with Gasteiger partial charge in [-0.05, 0) is 37.5 Å². The molecule has 2 aliphatic rings. The molecule has 8 heteroatoms. The maximum atomic E-state index is 5.89. The van der Waals surface area contributed by atoms with Crippen molar-refractivity contribution in [1.82, 2.24) is 15.6 Å². The summed E-state index contributed by atoms with van der Waals surface area (Å²) in [6.07, 6.45) is 3.64. The van der Waals surface area contributed by atoms with Gasteiger partial charge in [0.25, 0.3) is 0 Å². The molecule has 0 saturated carbocycles. The molecule has 174 valence electrons. The van der Waals surface area contributed by atoms with Crippen LogP contribution in [-0.2, 0) is 22.1 Å². The van der Waals surface area contributed by atoms with Crippen molar-refractivity contribution in [2.75, 3.05) is 33.1 Å². The molecule has 1 saturated heterocycles. The van der Waals surface area contributed by atoms with E-state index in [1.807, 2.05) is 6.07 Å². The molecular weight excluding hydrogens is 408 g/mol. The lowest BCUT2D eigenvalue weighted by Gasteiger charge is -2.38. The van der Waals surface area contributed by atoms with Gasteiger partial charge in [-0.15, -0.1) is 0 Å². The van der Waals surface area contributed by atoms with E-state index in [9.17, 15) is 0 Å². The Hall–Kier alpha value is -2.74. The Kier molecular flexibility index (Phi) is 6.60. The first-order valence-corrected chi connectivity index (χ1v) is 11.3. The van der Waals surface area contributed by atoms with E-state index in [-0.39, 0.29) is 17.6 Å². The average Bonchev–Trinajstić information content (AvgIpc) is 3.45. The van der Waals surface area contributed by atoms with Gasteiger partial charge in [0.05, 0.1) is 6.20 Å². The molecule has 1 aromatic carbocycles. The van der Waals surface area contributed by atoms with E-state index in [0.717, 1.165) is 62.4 Å². The molecule has 0 radical (unpaired) electrons. The summed E-state index contributed by atoms with van der Waals surface area (Å²) in [6, 6.07) is 6.26. The van der Waals surface area contributed by atoms with Crippen molar-refractivity contribution < 1.29 is 18.6 Å². The molecule has 0 aliphatic carbocycles. The van der Waals surface area contributed by atoms with Gasteiger partial charge in [-0.2, -0.15) is 0 Å². The van der Waals surface area contributed by atoms with Crippen LogP contribution in [0.25, 0.3) is 0 Å². The standard InChI is InChI=1S/C24H34N4O4/c1-5-25-22(27-14-21-26-13-20(32-21)23(2,3)4)28-15-24(8-10-29-11-9-24)17-6-7-18-19(12-17)31-16-30-18/h6-7,12-13H,5,8-11,14-16H2,1-4H3,(H2,25,27,28). The second-order valence-corrected chi connectivity index (χ2v) is 9.38. The summed E-state index contributed by atoms with van der Waals surface area (Å²) in [5, 5.41) is 6.88. The highest BCUT2D eigenvalue weighted by Crippen LogP contribution is 2.40. The zero-order valence-electron chi connectivity index (χ0n) is 19.5. The third-order valence-corrected chi connectivity index (χ3v) is 6.04. The fraction of sp³-hybridized carbons (Fsp3) is 0.583. The van der Waals surface area contributed by atoms with Crippen molar-refractivity contribution in [3.63, 3.8) is 0 Å². The molecule has 0 amide bonds. The Morgan fingerprint density at radius 3 is 2.62 bits per heavy atom. The van der Waals surface area contributed by atoms with Crippen molar-refractivity contribution in [3.8, 4) is 11.5 Å². The number of nitrogens with zero attached hydrogens (tertiary/aromatic N) is 2. The number of nitrogens with one attached hydrogen (secondary N) is 2. The number of guanidine groups is 1. The molecule has 0 spiro atoms. The fourth-order valence-corrected chi connectivity index (χ4v) is 4.03. The summed E-state index contributed by atoms with van der Waals surface area (Å²) in [6.45, 7) is 12.0. The summed E-state index contributed by atoms with van der Waals surface area (Å²) in [5.74, 6) is 3.84. The maximum absolute atomic E-state index is 5.89. The number of ether oxygens (including phenoxy) is 3. The average molecular weight is 443 g/mol. The first kappa shape index (κ1) is 22.5. The van der Waals surface area contributed by atoms with E-state index >= 15 is 0 Å². The molecule has 3 heterocycles. The van der Waals surface area contributed by atoms with Gasteiger partial charge in [-0.3, -0.25) is 0 Å². The van der Waals surface area contributed by atoms with E-state index < -0.39 is 0 Å². The van der Waals surface area contributed by atoms with Crippen LogP contribution in [0.4, 0.5) is 0 Å². The van der Waals surface area contributed by atoms with Gasteiger partial charge in [-0.25, -0.2) is 9.98 Å². The summed E-state index contributed by atoms with van der Waals surface area (Å²) in [5.41, 5.74) is 1.09. The number of aliphatic imine (C=N–C) groups is 1. The molecule has 0 bridgehead atoms. The van der Waals surface area contributed by atoms with Crippen LogP contribution in [0.3, 0.4) is 0 Å². The van der Waals surface area contributed by atoms with Crippen molar-refractivity contribution >= 4 is 5.96 Å². The maximum Gasteiger partial charge on any atom is 0.231 e. The molecule has 1 aromatic heterocycles. The summed E-state index contributed by atoms with van der Waals surface area (Å²) < 4.78 is 22.7. The summed E-state index contributed by atoms with van der Waals surface area (Å²) in [7, 11) is 0. The zero-order chi connectivity index (χ0) is 22.6. The monoisotopic (exact) mass is 442 g/mol. The lowest BCUT2D eigenvalue weighted by atomic mass is 9.74. The van der Waals surface area contributed by atoms with Crippen LogP contribution in [0.1, 0.15) is 57.8 Å². The summed E-state index contributed by atoms with van der Waals surface area (Å²) in [4.78, 5) is 9.10.